The highest BCUT2D eigenvalue weighted by Gasteiger charge is 2.35. The first-order chi connectivity index (χ1) is 14.4. The van der Waals surface area contributed by atoms with Gasteiger partial charge in [-0.1, -0.05) is 29.8 Å². The molecule has 2 amide bonds. The molecule has 8 heteroatoms. The van der Waals surface area contributed by atoms with Crippen molar-refractivity contribution in [2.45, 2.75) is 32.7 Å². The van der Waals surface area contributed by atoms with Crippen LogP contribution in [0, 0.1) is 12.8 Å². The number of benzene rings is 1. The van der Waals surface area contributed by atoms with Gasteiger partial charge < -0.3 is 20.1 Å². The lowest BCUT2D eigenvalue weighted by molar-refractivity contribution is -0.150. The van der Waals surface area contributed by atoms with Gasteiger partial charge in [-0.2, -0.15) is 0 Å². The second-order valence-corrected chi connectivity index (χ2v) is 7.65. The molecule has 1 aromatic carbocycles. The summed E-state index contributed by atoms with van der Waals surface area (Å²) < 4.78 is 10.2. The molecule has 2 aliphatic heterocycles. The summed E-state index contributed by atoms with van der Waals surface area (Å²) in [6, 6.07) is 6.68. The molecule has 162 valence electrons. The fraction of sp³-hybridized carbons (Fsp3) is 0.500. The van der Waals surface area contributed by atoms with E-state index in [4.69, 9.17) is 9.47 Å². The van der Waals surface area contributed by atoms with Crippen molar-refractivity contribution in [1.82, 2.24) is 15.5 Å². The number of carbonyl (C=O) groups excluding carboxylic acids is 3. The molecule has 0 aliphatic carbocycles. The summed E-state index contributed by atoms with van der Waals surface area (Å²) in [7, 11) is 1.33. The van der Waals surface area contributed by atoms with Crippen molar-refractivity contribution in [2.75, 3.05) is 33.4 Å². The van der Waals surface area contributed by atoms with Crippen molar-refractivity contribution < 1.29 is 23.9 Å². The SMILES string of the molecule is CCOC(=O)[C@@H]1CCCN(CC2=C(C(=O)OC)[C@@H](c3ccc(C)cc3)NC(=O)N2)C1. The lowest BCUT2D eigenvalue weighted by atomic mass is 9.93. The number of carbonyl (C=O) groups is 3. The highest BCUT2D eigenvalue weighted by atomic mass is 16.5. The summed E-state index contributed by atoms with van der Waals surface area (Å²) >= 11 is 0. The summed E-state index contributed by atoms with van der Waals surface area (Å²) in [5, 5.41) is 5.61. The van der Waals surface area contributed by atoms with Gasteiger partial charge in [0.25, 0.3) is 0 Å². The lowest BCUT2D eigenvalue weighted by Gasteiger charge is -2.35. The first kappa shape index (κ1) is 21.8. The van der Waals surface area contributed by atoms with Crippen LogP contribution in [-0.2, 0) is 19.1 Å². The lowest BCUT2D eigenvalue weighted by Crippen LogP contribution is -2.49. The molecular weight excluding hydrogens is 386 g/mol. The monoisotopic (exact) mass is 415 g/mol. The second kappa shape index (κ2) is 9.75. The third-order valence-corrected chi connectivity index (χ3v) is 5.48. The van der Waals surface area contributed by atoms with Crippen LogP contribution in [0.1, 0.15) is 36.9 Å². The molecule has 0 radical (unpaired) electrons. The van der Waals surface area contributed by atoms with Crippen molar-refractivity contribution in [3.05, 3.63) is 46.7 Å². The van der Waals surface area contributed by atoms with Gasteiger partial charge in [-0.3, -0.25) is 9.69 Å². The molecule has 0 saturated carbocycles. The largest absolute Gasteiger partial charge is 0.466 e. The molecule has 0 bridgehead atoms. The molecule has 0 unspecified atom stereocenters. The molecule has 2 heterocycles. The van der Waals surface area contributed by atoms with E-state index in [-0.39, 0.29) is 17.9 Å². The Morgan fingerprint density at radius 2 is 1.97 bits per heavy atom. The number of nitrogens with zero attached hydrogens (tertiary/aromatic N) is 1. The zero-order chi connectivity index (χ0) is 21.7. The number of amides is 2. The van der Waals surface area contributed by atoms with E-state index in [9.17, 15) is 14.4 Å². The van der Waals surface area contributed by atoms with Crippen molar-refractivity contribution in [2.24, 2.45) is 5.92 Å². The van der Waals surface area contributed by atoms with Crippen LogP contribution in [0.2, 0.25) is 0 Å². The summed E-state index contributed by atoms with van der Waals surface area (Å²) in [5.41, 5.74) is 2.76. The van der Waals surface area contributed by atoms with Crippen LogP contribution >= 0.6 is 0 Å². The maximum Gasteiger partial charge on any atom is 0.338 e. The Kier molecular flexibility index (Phi) is 7.10. The third kappa shape index (κ3) is 4.99. The van der Waals surface area contributed by atoms with Crippen LogP contribution in [0.5, 0.6) is 0 Å². The molecule has 1 aromatic rings. The first-order valence-corrected chi connectivity index (χ1v) is 10.3. The molecule has 1 saturated heterocycles. The number of ether oxygens (including phenoxy) is 2. The van der Waals surface area contributed by atoms with E-state index in [1.807, 2.05) is 31.2 Å². The van der Waals surface area contributed by atoms with Gasteiger partial charge in [0.05, 0.1) is 31.2 Å². The van der Waals surface area contributed by atoms with E-state index in [2.05, 4.69) is 15.5 Å². The molecule has 2 atom stereocenters. The number of nitrogens with one attached hydrogen (secondary N) is 2. The molecule has 3 rings (SSSR count). The van der Waals surface area contributed by atoms with E-state index < -0.39 is 12.0 Å². The number of aryl methyl sites for hydroxylation is 1. The van der Waals surface area contributed by atoms with Gasteiger partial charge in [-0.25, -0.2) is 9.59 Å². The van der Waals surface area contributed by atoms with Gasteiger partial charge >= 0.3 is 18.0 Å². The molecular formula is C22H29N3O5. The van der Waals surface area contributed by atoms with E-state index >= 15 is 0 Å². The Bertz CT molecular complexity index is 834. The molecule has 2 N–H and O–H groups in total. The number of hydrogen-bond acceptors (Lipinski definition) is 6. The van der Waals surface area contributed by atoms with Gasteiger partial charge in [-0.05, 0) is 38.8 Å². The van der Waals surface area contributed by atoms with E-state index in [0.717, 1.165) is 30.5 Å². The maximum absolute atomic E-state index is 12.7. The normalized spacial score (nSPS) is 22.2. The Labute approximate surface area is 176 Å². The van der Waals surface area contributed by atoms with E-state index in [0.29, 0.717) is 31.0 Å². The smallest absolute Gasteiger partial charge is 0.338 e. The second-order valence-electron chi connectivity index (χ2n) is 7.65. The zero-order valence-electron chi connectivity index (χ0n) is 17.7. The molecule has 0 aromatic heterocycles. The average molecular weight is 415 g/mol. The van der Waals surface area contributed by atoms with Crippen LogP contribution in [0.3, 0.4) is 0 Å². The van der Waals surface area contributed by atoms with Crippen LogP contribution in [0.4, 0.5) is 4.79 Å². The summed E-state index contributed by atoms with van der Waals surface area (Å²) in [6.45, 7) is 5.76. The first-order valence-electron chi connectivity index (χ1n) is 10.3. The molecule has 0 spiro atoms. The zero-order valence-corrected chi connectivity index (χ0v) is 17.7. The van der Waals surface area contributed by atoms with Crippen LogP contribution in [0.25, 0.3) is 0 Å². The highest BCUT2D eigenvalue weighted by molar-refractivity contribution is 5.95. The molecule has 30 heavy (non-hydrogen) atoms. The fourth-order valence-corrected chi connectivity index (χ4v) is 3.98. The van der Waals surface area contributed by atoms with Crippen molar-refractivity contribution >= 4 is 18.0 Å². The van der Waals surface area contributed by atoms with Crippen molar-refractivity contribution in [3.8, 4) is 0 Å². The van der Waals surface area contributed by atoms with Gasteiger partial charge in [0.1, 0.15) is 0 Å². The number of rotatable bonds is 6. The maximum atomic E-state index is 12.7. The van der Waals surface area contributed by atoms with Crippen LogP contribution in [0.15, 0.2) is 35.5 Å². The van der Waals surface area contributed by atoms with Crippen molar-refractivity contribution in [1.29, 1.82) is 0 Å². The van der Waals surface area contributed by atoms with Gasteiger partial charge in [-0.15, -0.1) is 0 Å². The number of likely N-dealkylation sites (tertiary alicyclic amines) is 1. The Hall–Kier alpha value is -2.87. The quantitative estimate of drug-likeness (QED) is 0.691. The van der Waals surface area contributed by atoms with E-state index in [1.54, 1.807) is 6.92 Å². The topological polar surface area (TPSA) is 97.0 Å². The number of urea groups is 1. The highest BCUT2D eigenvalue weighted by Crippen LogP contribution is 2.29. The third-order valence-electron chi connectivity index (χ3n) is 5.48. The molecule has 2 aliphatic rings. The standard InChI is InChI=1S/C22H29N3O5/c1-4-30-20(26)16-6-5-11-25(12-16)13-17-18(21(27)29-3)19(24-22(28)23-17)15-9-7-14(2)8-10-15/h7-10,16,19H,4-6,11-13H2,1-3H3,(H2,23,24,28)/t16-,19-/m1/s1. The fourth-order valence-electron chi connectivity index (χ4n) is 3.98. The van der Waals surface area contributed by atoms with Crippen molar-refractivity contribution in [3.63, 3.8) is 0 Å². The van der Waals surface area contributed by atoms with E-state index in [1.165, 1.54) is 7.11 Å². The molecule has 1 fully saturated rings. The van der Waals surface area contributed by atoms with Gasteiger partial charge in [0.2, 0.25) is 0 Å². The van der Waals surface area contributed by atoms with Gasteiger partial charge in [0.15, 0.2) is 0 Å². The van der Waals surface area contributed by atoms with Crippen LogP contribution < -0.4 is 10.6 Å². The number of piperidine rings is 1. The summed E-state index contributed by atoms with van der Waals surface area (Å²) in [4.78, 5) is 39.3. The van der Waals surface area contributed by atoms with Gasteiger partial charge in [0, 0.05) is 18.8 Å². The minimum atomic E-state index is -0.604. The molecule has 8 nitrogen and oxygen atoms in total. The average Bonchev–Trinajstić information content (AvgIpc) is 2.74. The predicted molar refractivity (Wildman–Crippen MR) is 110 cm³/mol. The number of methoxy groups -OCH3 is 1. The Balaban J connectivity index is 1.88. The predicted octanol–water partition coefficient (Wildman–Crippen LogP) is 2.05. The summed E-state index contributed by atoms with van der Waals surface area (Å²) in [5.74, 6) is -0.899. The minimum Gasteiger partial charge on any atom is -0.466 e. The number of hydrogen-bond donors (Lipinski definition) is 2. The minimum absolute atomic E-state index is 0.198. The summed E-state index contributed by atoms with van der Waals surface area (Å²) in [6.07, 6.45) is 1.62. The Morgan fingerprint density at radius 3 is 2.63 bits per heavy atom. The van der Waals surface area contributed by atoms with Crippen LogP contribution in [-0.4, -0.2) is 56.2 Å². The Morgan fingerprint density at radius 1 is 1.23 bits per heavy atom. The number of esters is 2.